The van der Waals surface area contributed by atoms with E-state index in [1.165, 1.54) is 16.7 Å². The molecule has 0 amide bonds. The third-order valence-electron chi connectivity index (χ3n) is 3.11. The first-order valence-corrected chi connectivity index (χ1v) is 6.26. The molecule has 0 radical (unpaired) electrons. The van der Waals surface area contributed by atoms with Crippen LogP contribution in [0.1, 0.15) is 37.8 Å². The average Bonchev–Trinajstić information content (AvgIpc) is 2.39. The second-order valence-electron chi connectivity index (χ2n) is 4.68. The molecular formula is C16H19N. The van der Waals surface area contributed by atoms with Crippen LogP contribution in [0.4, 0.5) is 0 Å². The normalized spacial score (nSPS) is 10.8. The van der Waals surface area contributed by atoms with Gasteiger partial charge in [0.05, 0.1) is 5.69 Å². The molecule has 1 aromatic heterocycles. The molecule has 0 spiro atoms. The second kappa shape index (κ2) is 5.13. The summed E-state index contributed by atoms with van der Waals surface area (Å²) in [5.41, 5.74) is 4.90. The lowest BCUT2D eigenvalue weighted by atomic mass is 10.0. The van der Waals surface area contributed by atoms with E-state index in [0.29, 0.717) is 5.92 Å². The Morgan fingerprint density at radius 3 is 2.18 bits per heavy atom. The third kappa shape index (κ3) is 2.73. The molecule has 2 aromatic rings. The van der Waals surface area contributed by atoms with Crippen molar-refractivity contribution < 1.29 is 0 Å². The lowest BCUT2D eigenvalue weighted by molar-refractivity contribution is 0.867. The highest BCUT2D eigenvalue weighted by Gasteiger charge is 2.01. The Bertz CT molecular complexity index is 466. The van der Waals surface area contributed by atoms with Crippen molar-refractivity contribution >= 4 is 0 Å². The van der Waals surface area contributed by atoms with E-state index in [1.54, 1.807) is 0 Å². The molecule has 0 fully saturated rings. The fourth-order valence-corrected chi connectivity index (χ4v) is 1.84. The van der Waals surface area contributed by atoms with Gasteiger partial charge in [-0.3, -0.25) is 4.98 Å². The molecule has 0 unspecified atom stereocenters. The maximum absolute atomic E-state index is 4.49. The first-order chi connectivity index (χ1) is 8.20. The predicted molar refractivity (Wildman–Crippen MR) is 73.1 cm³/mol. The highest BCUT2D eigenvalue weighted by molar-refractivity contribution is 5.59. The van der Waals surface area contributed by atoms with Crippen molar-refractivity contribution in [1.82, 2.24) is 4.98 Å². The van der Waals surface area contributed by atoms with Gasteiger partial charge in [0.1, 0.15) is 0 Å². The van der Waals surface area contributed by atoms with Gasteiger partial charge in [-0.2, -0.15) is 0 Å². The molecule has 0 aliphatic rings. The summed E-state index contributed by atoms with van der Waals surface area (Å²) in [4.78, 5) is 4.49. The Hall–Kier alpha value is -1.63. The Labute approximate surface area is 104 Å². The summed E-state index contributed by atoms with van der Waals surface area (Å²) < 4.78 is 0. The van der Waals surface area contributed by atoms with Gasteiger partial charge in [-0.15, -0.1) is 0 Å². The molecule has 0 saturated carbocycles. The number of pyridine rings is 1. The van der Waals surface area contributed by atoms with Crippen molar-refractivity contribution in [1.29, 1.82) is 0 Å². The molecule has 0 bridgehead atoms. The molecular weight excluding hydrogens is 206 g/mol. The fraction of sp³-hybridized carbons (Fsp3) is 0.312. The SMILES string of the molecule is CCc1ccc(-c2ccc(C(C)C)cc2)nc1. The van der Waals surface area contributed by atoms with E-state index >= 15 is 0 Å². The van der Waals surface area contributed by atoms with Crippen LogP contribution >= 0.6 is 0 Å². The van der Waals surface area contributed by atoms with Crippen LogP contribution in [-0.2, 0) is 6.42 Å². The Balaban J connectivity index is 2.26. The van der Waals surface area contributed by atoms with Crippen molar-refractivity contribution in [3.63, 3.8) is 0 Å². The van der Waals surface area contributed by atoms with E-state index < -0.39 is 0 Å². The van der Waals surface area contributed by atoms with Gasteiger partial charge in [-0.25, -0.2) is 0 Å². The van der Waals surface area contributed by atoms with E-state index in [2.05, 4.69) is 62.2 Å². The molecule has 0 saturated heterocycles. The molecule has 2 rings (SSSR count). The minimum absolute atomic E-state index is 0.583. The predicted octanol–water partition coefficient (Wildman–Crippen LogP) is 4.43. The standard InChI is InChI=1S/C16H19N/c1-4-13-5-10-16(17-11-13)15-8-6-14(7-9-15)12(2)3/h5-12H,4H2,1-3H3. The topological polar surface area (TPSA) is 12.9 Å². The van der Waals surface area contributed by atoms with Gasteiger partial charge in [0, 0.05) is 11.8 Å². The van der Waals surface area contributed by atoms with Gasteiger partial charge in [-0.05, 0) is 29.5 Å². The van der Waals surface area contributed by atoms with E-state index in [9.17, 15) is 0 Å². The molecule has 1 heterocycles. The van der Waals surface area contributed by atoms with Gasteiger partial charge in [0.25, 0.3) is 0 Å². The number of hydrogen-bond acceptors (Lipinski definition) is 1. The first kappa shape index (κ1) is 11.8. The summed E-state index contributed by atoms with van der Waals surface area (Å²) in [7, 11) is 0. The van der Waals surface area contributed by atoms with E-state index in [1.807, 2.05) is 6.20 Å². The first-order valence-electron chi connectivity index (χ1n) is 6.26. The summed E-state index contributed by atoms with van der Waals surface area (Å²) in [5, 5.41) is 0. The van der Waals surface area contributed by atoms with Crippen molar-refractivity contribution in [3.8, 4) is 11.3 Å². The van der Waals surface area contributed by atoms with Crippen LogP contribution in [0.5, 0.6) is 0 Å². The molecule has 0 N–H and O–H groups in total. The molecule has 0 atom stereocenters. The summed E-state index contributed by atoms with van der Waals surface area (Å²) in [6, 6.07) is 12.9. The quantitative estimate of drug-likeness (QED) is 0.752. The van der Waals surface area contributed by atoms with Gasteiger partial charge in [0.15, 0.2) is 0 Å². The Morgan fingerprint density at radius 1 is 1.00 bits per heavy atom. The molecule has 17 heavy (non-hydrogen) atoms. The summed E-state index contributed by atoms with van der Waals surface area (Å²) >= 11 is 0. The molecule has 88 valence electrons. The van der Waals surface area contributed by atoms with Crippen LogP contribution in [0.15, 0.2) is 42.6 Å². The molecule has 0 aliphatic heterocycles. The Kier molecular flexibility index (Phi) is 3.58. The van der Waals surface area contributed by atoms with Crippen molar-refractivity contribution in [3.05, 3.63) is 53.7 Å². The summed E-state index contributed by atoms with van der Waals surface area (Å²) in [6.07, 6.45) is 3.01. The smallest absolute Gasteiger partial charge is 0.0702 e. The highest BCUT2D eigenvalue weighted by atomic mass is 14.7. The van der Waals surface area contributed by atoms with E-state index in [0.717, 1.165) is 12.1 Å². The van der Waals surface area contributed by atoms with Gasteiger partial charge in [-0.1, -0.05) is 51.1 Å². The number of benzene rings is 1. The van der Waals surface area contributed by atoms with Crippen LogP contribution in [0.2, 0.25) is 0 Å². The Morgan fingerprint density at radius 2 is 1.71 bits per heavy atom. The van der Waals surface area contributed by atoms with Crippen LogP contribution in [0.3, 0.4) is 0 Å². The maximum atomic E-state index is 4.49. The van der Waals surface area contributed by atoms with Crippen LogP contribution in [0.25, 0.3) is 11.3 Å². The molecule has 1 heteroatoms. The molecule has 1 aromatic carbocycles. The van der Waals surface area contributed by atoms with Crippen LogP contribution in [-0.4, -0.2) is 4.98 Å². The molecule has 0 aliphatic carbocycles. The number of aryl methyl sites for hydroxylation is 1. The minimum Gasteiger partial charge on any atom is -0.256 e. The highest BCUT2D eigenvalue weighted by Crippen LogP contribution is 2.21. The monoisotopic (exact) mass is 225 g/mol. The number of hydrogen-bond donors (Lipinski definition) is 0. The van der Waals surface area contributed by atoms with Crippen molar-refractivity contribution in [2.45, 2.75) is 33.1 Å². The maximum Gasteiger partial charge on any atom is 0.0702 e. The number of aromatic nitrogens is 1. The second-order valence-corrected chi connectivity index (χ2v) is 4.68. The minimum atomic E-state index is 0.583. The zero-order chi connectivity index (χ0) is 12.3. The zero-order valence-corrected chi connectivity index (χ0v) is 10.8. The zero-order valence-electron chi connectivity index (χ0n) is 10.8. The lowest BCUT2D eigenvalue weighted by Gasteiger charge is -2.07. The van der Waals surface area contributed by atoms with Gasteiger partial charge >= 0.3 is 0 Å². The van der Waals surface area contributed by atoms with Crippen LogP contribution in [0, 0.1) is 0 Å². The molecule has 1 nitrogen and oxygen atoms in total. The third-order valence-corrected chi connectivity index (χ3v) is 3.11. The van der Waals surface area contributed by atoms with Crippen molar-refractivity contribution in [2.75, 3.05) is 0 Å². The summed E-state index contributed by atoms with van der Waals surface area (Å²) in [6.45, 7) is 6.57. The lowest BCUT2D eigenvalue weighted by Crippen LogP contribution is -1.89. The van der Waals surface area contributed by atoms with Gasteiger partial charge in [0.2, 0.25) is 0 Å². The van der Waals surface area contributed by atoms with E-state index in [4.69, 9.17) is 0 Å². The fourth-order valence-electron chi connectivity index (χ4n) is 1.84. The number of rotatable bonds is 3. The number of nitrogens with zero attached hydrogens (tertiary/aromatic N) is 1. The largest absolute Gasteiger partial charge is 0.256 e. The van der Waals surface area contributed by atoms with Crippen molar-refractivity contribution in [2.24, 2.45) is 0 Å². The van der Waals surface area contributed by atoms with Crippen LogP contribution < -0.4 is 0 Å². The van der Waals surface area contributed by atoms with E-state index in [-0.39, 0.29) is 0 Å². The van der Waals surface area contributed by atoms with Gasteiger partial charge < -0.3 is 0 Å². The summed E-state index contributed by atoms with van der Waals surface area (Å²) in [5.74, 6) is 0.583. The average molecular weight is 225 g/mol.